The summed E-state index contributed by atoms with van der Waals surface area (Å²) in [7, 11) is 0. The lowest BCUT2D eigenvalue weighted by Gasteiger charge is -2.18. The summed E-state index contributed by atoms with van der Waals surface area (Å²) < 4.78 is 41.4. The maximum atomic E-state index is 13.2. The molecule has 0 bridgehead atoms. The molecule has 1 amide bonds. The van der Waals surface area contributed by atoms with E-state index in [4.69, 9.17) is 5.11 Å². The highest BCUT2D eigenvalue weighted by atomic mass is 19.4. The van der Waals surface area contributed by atoms with Gasteiger partial charge in [0.05, 0.1) is 29.6 Å². The number of carboxylic acids is 1. The topological polar surface area (TPSA) is 75.4 Å². The first kappa shape index (κ1) is 19.9. The van der Waals surface area contributed by atoms with Crippen LogP contribution in [0.25, 0.3) is 0 Å². The van der Waals surface area contributed by atoms with Gasteiger partial charge in [0.15, 0.2) is 0 Å². The van der Waals surface area contributed by atoms with Gasteiger partial charge in [-0.05, 0) is 32.0 Å². The molecule has 2 aromatic heterocycles. The third-order valence-corrected chi connectivity index (χ3v) is 5.20. The molecule has 0 aliphatic carbocycles. The van der Waals surface area contributed by atoms with Gasteiger partial charge in [0.2, 0.25) is 0 Å². The molecular weight excluding hydrogens is 375 g/mol. The molecule has 28 heavy (non-hydrogen) atoms. The first-order valence-electron chi connectivity index (χ1n) is 8.75. The van der Waals surface area contributed by atoms with Crippen molar-refractivity contribution < 1.29 is 27.9 Å². The van der Waals surface area contributed by atoms with Crippen LogP contribution < -0.4 is 0 Å². The van der Waals surface area contributed by atoms with Gasteiger partial charge in [-0.15, -0.1) is 0 Å². The first-order chi connectivity index (χ1) is 13.1. The summed E-state index contributed by atoms with van der Waals surface area (Å²) in [5.74, 6) is -5.84. The predicted octanol–water partition coefficient (Wildman–Crippen LogP) is 2.88. The normalized spacial score (nSPS) is 19.8. The fraction of sp³-hybridized carbons (Fsp3) is 0.421. The average Bonchev–Trinajstić information content (AvgIpc) is 3.20. The van der Waals surface area contributed by atoms with E-state index < -0.39 is 43.0 Å². The Bertz CT molecular complexity index is 893. The molecule has 0 unspecified atom stereocenters. The van der Waals surface area contributed by atoms with Crippen LogP contribution >= 0.6 is 0 Å². The Kier molecular flexibility index (Phi) is 5.18. The number of rotatable bonds is 4. The molecular formula is C19H20F3N3O3. The van der Waals surface area contributed by atoms with Crippen LogP contribution in [0.2, 0.25) is 0 Å². The SMILES string of the molecule is Cc1cc(C(=O)N2C[C@@H](C(F)(F)F)[C@H](C(=O)O)C2)c(C)n1Cc1ccccn1. The number of pyridine rings is 1. The predicted molar refractivity (Wildman–Crippen MR) is 93.8 cm³/mol. The Labute approximate surface area is 159 Å². The maximum Gasteiger partial charge on any atom is 0.394 e. The lowest BCUT2D eigenvalue weighted by atomic mass is 9.96. The zero-order valence-electron chi connectivity index (χ0n) is 15.4. The molecule has 3 rings (SSSR count). The van der Waals surface area contributed by atoms with E-state index in [2.05, 4.69) is 4.98 Å². The molecule has 9 heteroatoms. The molecule has 6 nitrogen and oxygen atoms in total. The lowest BCUT2D eigenvalue weighted by molar-refractivity contribution is -0.187. The summed E-state index contributed by atoms with van der Waals surface area (Å²) in [4.78, 5) is 29.3. The van der Waals surface area contributed by atoms with Crippen molar-refractivity contribution in [2.75, 3.05) is 13.1 Å². The number of alkyl halides is 3. The number of amides is 1. The monoisotopic (exact) mass is 395 g/mol. The van der Waals surface area contributed by atoms with Crippen LogP contribution in [0.15, 0.2) is 30.5 Å². The fourth-order valence-electron chi connectivity index (χ4n) is 3.64. The van der Waals surface area contributed by atoms with E-state index in [1.807, 2.05) is 16.7 Å². The van der Waals surface area contributed by atoms with Crippen LogP contribution in [0, 0.1) is 25.7 Å². The van der Waals surface area contributed by atoms with Gasteiger partial charge in [-0.3, -0.25) is 14.6 Å². The van der Waals surface area contributed by atoms with Crippen molar-refractivity contribution in [2.24, 2.45) is 11.8 Å². The number of carbonyl (C=O) groups is 2. The van der Waals surface area contributed by atoms with Crippen LogP contribution in [0.5, 0.6) is 0 Å². The van der Waals surface area contributed by atoms with Gasteiger partial charge in [0, 0.05) is 30.7 Å². The number of hydrogen-bond donors (Lipinski definition) is 1. The Balaban J connectivity index is 1.85. The van der Waals surface area contributed by atoms with Crippen molar-refractivity contribution in [3.63, 3.8) is 0 Å². The minimum atomic E-state index is -4.67. The Morgan fingerprint density at radius 1 is 1.25 bits per heavy atom. The van der Waals surface area contributed by atoms with Crippen molar-refractivity contribution >= 4 is 11.9 Å². The second-order valence-corrected chi connectivity index (χ2v) is 6.99. The van der Waals surface area contributed by atoms with E-state index in [0.29, 0.717) is 12.2 Å². The highest BCUT2D eigenvalue weighted by Gasteiger charge is 2.53. The minimum Gasteiger partial charge on any atom is -0.481 e. The van der Waals surface area contributed by atoms with Crippen molar-refractivity contribution in [1.29, 1.82) is 0 Å². The molecule has 2 atom stereocenters. The Morgan fingerprint density at radius 3 is 2.50 bits per heavy atom. The number of aryl methyl sites for hydroxylation is 1. The quantitative estimate of drug-likeness (QED) is 0.864. The van der Waals surface area contributed by atoms with E-state index in [0.717, 1.165) is 16.3 Å². The highest BCUT2D eigenvalue weighted by Crippen LogP contribution is 2.38. The first-order valence-corrected chi connectivity index (χ1v) is 8.75. The smallest absolute Gasteiger partial charge is 0.394 e. The van der Waals surface area contributed by atoms with Crippen molar-refractivity contribution in [1.82, 2.24) is 14.5 Å². The van der Waals surface area contributed by atoms with E-state index in [9.17, 15) is 22.8 Å². The Hall–Kier alpha value is -2.84. The average molecular weight is 395 g/mol. The van der Waals surface area contributed by atoms with E-state index in [1.54, 1.807) is 32.2 Å². The van der Waals surface area contributed by atoms with Crippen molar-refractivity contribution in [2.45, 2.75) is 26.6 Å². The zero-order valence-corrected chi connectivity index (χ0v) is 15.4. The van der Waals surface area contributed by atoms with Gasteiger partial charge in [-0.25, -0.2) is 0 Å². The number of likely N-dealkylation sites (tertiary alicyclic amines) is 1. The summed E-state index contributed by atoms with van der Waals surface area (Å²) in [6, 6.07) is 7.09. The zero-order chi connectivity index (χ0) is 20.6. The number of aromatic nitrogens is 2. The molecule has 2 aromatic rings. The van der Waals surface area contributed by atoms with E-state index >= 15 is 0 Å². The summed E-state index contributed by atoms with van der Waals surface area (Å²) in [5.41, 5.74) is 2.44. The molecule has 1 aliphatic heterocycles. The number of aliphatic carboxylic acids is 1. The second kappa shape index (κ2) is 7.29. The number of nitrogens with zero attached hydrogens (tertiary/aromatic N) is 3. The van der Waals surface area contributed by atoms with Crippen LogP contribution in [-0.4, -0.2) is 50.7 Å². The minimum absolute atomic E-state index is 0.278. The number of carbonyl (C=O) groups excluding carboxylic acids is 1. The van der Waals surface area contributed by atoms with Crippen LogP contribution in [-0.2, 0) is 11.3 Å². The highest BCUT2D eigenvalue weighted by molar-refractivity contribution is 5.96. The van der Waals surface area contributed by atoms with Crippen LogP contribution in [0.3, 0.4) is 0 Å². The van der Waals surface area contributed by atoms with Crippen LogP contribution in [0.1, 0.15) is 27.4 Å². The van der Waals surface area contributed by atoms with Gasteiger partial charge >= 0.3 is 12.1 Å². The van der Waals surface area contributed by atoms with Crippen molar-refractivity contribution in [3.8, 4) is 0 Å². The molecule has 1 N–H and O–H groups in total. The van der Waals surface area contributed by atoms with Gasteiger partial charge in [0.25, 0.3) is 5.91 Å². The number of carboxylic acid groups (broad SMARTS) is 1. The third kappa shape index (κ3) is 3.74. The molecule has 0 radical (unpaired) electrons. The summed E-state index contributed by atoms with van der Waals surface area (Å²) >= 11 is 0. The van der Waals surface area contributed by atoms with Gasteiger partial charge in [-0.2, -0.15) is 13.2 Å². The van der Waals surface area contributed by atoms with E-state index in [1.165, 1.54) is 0 Å². The summed E-state index contributed by atoms with van der Waals surface area (Å²) in [6.45, 7) is 2.84. The number of hydrogen-bond acceptors (Lipinski definition) is 3. The molecule has 1 aliphatic rings. The maximum absolute atomic E-state index is 13.2. The lowest BCUT2D eigenvalue weighted by Crippen LogP contribution is -2.34. The van der Waals surface area contributed by atoms with Gasteiger partial charge < -0.3 is 14.6 Å². The van der Waals surface area contributed by atoms with Gasteiger partial charge in [0.1, 0.15) is 0 Å². The standard InChI is InChI=1S/C19H20F3N3O3/c1-11-7-14(12(2)25(11)8-13-5-3-4-6-23-13)17(26)24-9-15(18(27)28)16(10-24)19(20,21)22/h3-7,15-16H,8-10H2,1-2H3,(H,27,28)/t15-,16-/m1/s1. The molecule has 0 spiro atoms. The van der Waals surface area contributed by atoms with Crippen molar-refractivity contribution in [3.05, 3.63) is 53.1 Å². The largest absolute Gasteiger partial charge is 0.481 e. The molecule has 0 aromatic carbocycles. The molecule has 1 fully saturated rings. The summed E-state index contributed by atoms with van der Waals surface area (Å²) in [6.07, 6.45) is -3.02. The molecule has 3 heterocycles. The van der Waals surface area contributed by atoms with Crippen LogP contribution in [0.4, 0.5) is 13.2 Å². The molecule has 0 saturated carbocycles. The molecule has 150 valence electrons. The van der Waals surface area contributed by atoms with Gasteiger partial charge in [-0.1, -0.05) is 6.07 Å². The summed E-state index contributed by atoms with van der Waals surface area (Å²) in [5, 5.41) is 9.14. The third-order valence-electron chi connectivity index (χ3n) is 5.20. The second-order valence-electron chi connectivity index (χ2n) is 6.99. The number of halogens is 3. The Morgan fingerprint density at radius 2 is 1.96 bits per heavy atom. The fourth-order valence-corrected chi connectivity index (χ4v) is 3.64. The molecule has 1 saturated heterocycles. The van der Waals surface area contributed by atoms with E-state index in [-0.39, 0.29) is 5.56 Å².